The number of ether oxygens (including phenoxy) is 1. The van der Waals surface area contributed by atoms with Crippen LogP contribution in [0, 0.1) is 18.3 Å². The van der Waals surface area contributed by atoms with Crippen LogP contribution in [0.5, 0.6) is 0 Å². The monoisotopic (exact) mass is 480 g/mol. The highest BCUT2D eigenvalue weighted by molar-refractivity contribution is 7.99. The number of amides is 1. The van der Waals surface area contributed by atoms with Gasteiger partial charge in [-0.05, 0) is 30.7 Å². The number of aryl methyl sites for hydroxylation is 1. The van der Waals surface area contributed by atoms with Gasteiger partial charge in [0.25, 0.3) is 5.91 Å². The van der Waals surface area contributed by atoms with E-state index < -0.39 is 18.5 Å². The maximum atomic E-state index is 12.2. The van der Waals surface area contributed by atoms with Crippen LogP contribution in [-0.2, 0) is 20.9 Å². The number of carbonyl (C=O) groups excluding carboxylic acids is 2. The number of halogens is 1. The Morgan fingerprint density at radius 2 is 1.94 bits per heavy atom. The van der Waals surface area contributed by atoms with E-state index in [1.165, 1.54) is 23.9 Å². The molecule has 2 aromatic carbocycles. The van der Waals surface area contributed by atoms with Crippen LogP contribution in [0.2, 0.25) is 5.15 Å². The second-order valence-corrected chi connectivity index (χ2v) is 8.24. The van der Waals surface area contributed by atoms with Crippen LogP contribution < -0.4 is 5.32 Å². The number of nitrogens with one attached hydrogen (secondary N) is 1. The molecule has 0 saturated heterocycles. The van der Waals surface area contributed by atoms with Crippen molar-refractivity contribution in [3.8, 4) is 6.07 Å². The molecular weight excluding hydrogens is 460 g/mol. The number of thioether (sulfide) groups is 1. The number of anilines is 1. The Balaban J connectivity index is 1.55. The predicted molar refractivity (Wildman–Crippen MR) is 129 cm³/mol. The van der Waals surface area contributed by atoms with E-state index in [1.54, 1.807) is 29.8 Å². The van der Waals surface area contributed by atoms with Crippen molar-refractivity contribution in [2.24, 2.45) is 0 Å². The molecule has 0 unspecified atom stereocenters. The van der Waals surface area contributed by atoms with Crippen molar-refractivity contribution in [3.05, 3.63) is 82.6 Å². The summed E-state index contributed by atoms with van der Waals surface area (Å²) in [6.45, 7) is 1.86. The summed E-state index contributed by atoms with van der Waals surface area (Å²) in [6, 6.07) is 18.9. The minimum atomic E-state index is -0.677. The van der Waals surface area contributed by atoms with E-state index in [0.29, 0.717) is 28.6 Å². The molecule has 0 aliphatic carbocycles. The first-order chi connectivity index (χ1) is 16.0. The molecule has 0 fully saturated rings. The number of esters is 1. The molecule has 1 aromatic heterocycles. The molecule has 0 atom stereocenters. The molecule has 3 aromatic rings. The molecule has 9 heteroatoms. The smallest absolute Gasteiger partial charge is 0.331 e. The van der Waals surface area contributed by atoms with Crippen LogP contribution in [0.15, 0.2) is 65.6 Å². The number of rotatable bonds is 9. The van der Waals surface area contributed by atoms with Crippen LogP contribution >= 0.6 is 23.4 Å². The fraction of sp³-hybridized carbons (Fsp3) is 0.167. The van der Waals surface area contributed by atoms with E-state index >= 15 is 0 Å². The maximum Gasteiger partial charge on any atom is 0.331 e. The van der Waals surface area contributed by atoms with Gasteiger partial charge in [0, 0.05) is 16.5 Å². The van der Waals surface area contributed by atoms with E-state index in [1.807, 2.05) is 42.5 Å². The SMILES string of the molecule is Cc1nn(Cc2ccccc2)c(Cl)c1/C=C/C(=O)OCC(=O)Nc1ccccc1SCC#N. The van der Waals surface area contributed by atoms with Gasteiger partial charge < -0.3 is 10.1 Å². The summed E-state index contributed by atoms with van der Waals surface area (Å²) < 4.78 is 6.69. The second-order valence-electron chi connectivity index (χ2n) is 6.87. The lowest BCUT2D eigenvalue weighted by Gasteiger charge is -2.09. The standard InChI is InChI=1S/C24H21ClN4O3S/c1-17-19(24(25)29(28-17)15-18-7-3-2-4-8-18)11-12-23(31)32-16-22(30)27-20-9-5-6-10-21(20)33-14-13-26/h2-12H,14-16H2,1H3,(H,27,30)/b12-11+. The fourth-order valence-electron chi connectivity index (χ4n) is 2.95. The normalized spacial score (nSPS) is 10.7. The molecule has 0 aliphatic rings. The Labute approximate surface area is 201 Å². The Morgan fingerprint density at radius 1 is 1.21 bits per heavy atom. The zero-order chi connectivity index (χ0) is 23.6. The Bertz CT molecular complexity index is 1200. The highest BCUT2D eigenvalue weighted by Gasteiger charge is 2.13. The number of hydrogen-bond donors (Lipinski definition) is 1. The first-order valence-corrected chi connectivity index (χ1v) is 11.3. The van der Waals surface area contributed by atoms with Gasteiger partial charge >= 0.3 is 5.97 Å². The van der Waals surface area contributed by atoms with Crippen molar-refractivity contribution in [2.45, 2.75) is 18.4 Å². The lowest BCUT2D eigenvalue weighted by molar-refractivity contribution is -0.142. The lowest BCUT2D eigenvalue weighted by Crippen LogP contribution is -2.20. The first kappa shape index (κ1) is 24.1. The second kappa shape index (κ2) is 11.9. The van der Waals surface area contributed by atoms with E-state index in [-0.39, 0.29) is 5.75 Å². The summed E-state index contributed by atoms with van der Waals surface area (Å²) in [5.41, 5.74) is 2.89. The third-order valence-electron chi connectivity index (χ3n) is 4.47. The van der Waals surface area contributed by atoms with Gasteiger partial charge in [-0.25, -0.2) is 9.48 Å². The lowest BCUT2D eigenvalue weighted by atomic mass is 10.2. The third-order valence-corrected chi connectivity index (χ3v) is 5.81. The zero-order valence-electron chi connectivity index (χ0n) is 17.8. The van der Waals surface area contributed by atoms with Crippen LogP contribution in [0.3, 0.4) is 0 Å². The Hall–Kier alpha value is -3.54. The maximum absolute atomic E-state index is 12.2. The van der Waals surface area contributed by atoms with Gasteiger partial charge in [-0.1, -0.05) is 54.1 Å². The molecule has 0 spiro atoms. The van der Waals surface area contributed by atoms with Crippen LogP contribution in [-0.4, -0.2) is 34.0 Å². The minimum Gasteiger partial charge on any atom is -0.452 e. The third kappa shape index (κ3) is 6.97. The van der Waals surface area contributed by atoms with Gasteiger partial charge in [-0.3, -0.25) is 4.79 Å². The number of benzene rings is 2. The molecule has 1 amide bonds. The van der Waals surface area contributed by atoms with Crippen LogP contribution in [0.25, 0.3) is 6.08 Å². The summed E-state index contributed by atoms with van der Waals surface area (Å²) >= 11 is 7.75. The van der Waals surface area contributed by atoms with Gasteiger partial charge in [0.2, 0.25) is 0 Å². The largest absolute Gasteiger partial charge is 0.452 e. The van der Waals surface area contributed by atoms with E-state index in [0.717, 1.165) is 10.5 Å². The average Bonchev–Trinajstić information content (AvgIpc) is 3.08. The molecule has 1 heterocycles. The first-order valence-electron chi connectivity index (χ1n) is 9.98. The van der Waals surface area contributed by atoms with Crippen molar-refractivity contribution >= 4 is 47.0 Å². The number of nitriles is 1. The van der Waals surface area contributed by atoms with E-state index in [2.05, 4.69) is 10.4 Å². The zero-order valence-corrected chi connectivity index (χ0v) is 19.4. The number of carbonyl (C=O) groups is 2. The highest BCUT2D eigenvalue weighted by Crippen LogP contribution is 2.26. The topological polar surface area (TPSA) is 97.0 Å². The van der Waals surface area contributed by atoms with Crippen LogP contribution in [0.1, 0.15) is 16.8 Å². The van der Waals surface area contributed by atoms with Crippen molar-refractivity contribution in [1.82, 2.24) is 9.78 Å². The average molecular weight is 481 g/mol. The molecule has 3 rings (SSSR count). The predicted octanol–water partition coefficient (Wildman–Crippen LogP) is 4.70. The van der Waals surface area contributed by atoms with Crippen molar-refractivity contribution in [2.75, 3.05) is 17.7 Å². The molecule has 1 N–H and O–H groups in total. The van der Waals surface area contributed by atoms with E-state index in [4.69, 9.17) is 21.6 Å². The Morgan fingerprint density at radius 3 is 2.70 bits per heavy atom. The minimum absolute atomic E-state index is 0.260. The molecule has 33 heavy (non-hydrogen) atoms. The summed E-state index contributed by atoms with van der Waals surface area (Å²) in [5, 5.41) is 16.3. The molecule has 168 valence electrons. The Kier molecular flexibility index (Phi) is 8.70. The van der Waals surface area contributed by atoms with Crippen molar-refractivity contribution in [1.29, 1.82) is 5.26 Å². The molecular formula is C24H21ClN4O3S. The van der Waals surface area contributed by atoms with Gasteiger partial charge in [-0.2, -0.15) is 10.4 Å². The van der Waals surface area contributed by atoms with Gasteiger partial charge in [0.1, 0.15) is 5.15 Å². The summed E-state index contributed by atoms with van der Waals surface area (Å²) in [6.07, 6.45) is 2.74. The number of nitrogens with zero attached hydrogens (tertiary/aromatic N) is 3. The van der Waals surface area contributed by atoms with Gasteiger partial charge in [0.15, 0.2) is 6.61 Å². The highest BCUT2D eigenvalue weighted by atomic mass is 35.5. The molecule has 0 radical (unpaired) electrons. The quantitative estimate of drug-likeness (QED) is 0.271. The number of aromatic nitrogens is 2. The summed E-state index contributed by atoms with van der Waals surface area (Å²) in [7, 11) is 0. The molecule has 0 bridgehead atoms. The number of hydrogen-bond acceptors (Lipinski definition) is 6. The van der Waals surface area contributed by atoms with Crippen LogP contribution in [0.4, 0.5) is 5.69 Å². The van der Waals surface area contributed by atoms with Crippen molar-refractivity contribution in [3.63, 3.8) is 0 Å². The summed E-state index contributed by atoms with van der Waals surface area (Å²) in [4.78, 5) is 25.0. The van der Waals surface area contributed by atoms with Gasteiger partial charge in [0.05, 0.1) is 29.7 Å². The molecule has 0 aliphatic heterocycles. The number of para-hydroxylation sites is 1. The molecule has 0 saturated carbocycles. The summed E-state index contributed by atoms with van der Waals surface area (Å²) in [5.74, 6) is -0.897. The van der Waals surface area contributed by atoms with Crippen molar-refractivity contribution < 1.29 is 14.3 Å². The van der Waals surface area contributed by atoms with E-state index in [9.17, 15) is 9.59 Å². The molecule has 7 nitrogen and oxygen atoms in total. The van der Waals surface area contributed by atoms with Gasteiger partial charge in [-0.15, -0.1) is 11.8 Å². The fourth-order valence-corrected chi connectivity index (χ4v) is 3.91.